The van der Waals surface area contributed by atoms with Crippen LogP contribution in [-0.4, -0.2) is 41.5 Å². The fourth-order valence-corrected chi connectivity index (χ4v) is 3.75. The van der Waals surface area contributed by atoms with Crippen molar-refractivity contribution < 1.29 is 8.42 Å². The first-order valence-electron chi connectivity index (χ1n) is 5.98. The fourth-order valence-electron chi connectivity index (χ4n) is 1.82. The Balaban J connectivity index is 1.92. The maximum Gasteiger partial charge on any atom is 0.214 e. The molecule has 1 saturated heterocycles. The Bertz CT molecular complexity index is 498. The third-order valence-electron chi connectivity index (χ3n) is 3.00. The molecule has 1 fully saturated rings. The van der Waals surface area contributed by atoms with E-state index < -0.39 is 10.0 Å². The smallest absolute Gasteiger partial charge is 0.214 e. The molecule has 0 N–H and O–H groups in total. The molecule has 1 aliphatic heterocycles. The summed E-state index contributed by atoms with van der Waals surface area (Å²) in [4.78, 5) is 8.40. The lowest BCUT2D eigenvalue weighted by Gasteiger charge is -2.37. The van der Waals surface area contributed by atoms with Crippen LogP contribution in [0.15, 0.2) is 16.9 Å². The molecule has 1 aliphatic rings. The van der Waals surface area contributed by atoms with Crippen molar-refractivity contribution in [3.8, 4) is 0 Å². The van der Waals surface area contributed by atoms with Gasteiger partial charge in [0.2, 0.25) is 10.0 Å². The number of sulfonamides is 1. The van der Waals surface area contributed by atoms with Crippen molar-refractivity contribution in [3.05, 3.63) is 22.7 Å². The molecule has 0 spiro atoms. The number of aromatic nitrogens is 2. The largest absolute Gasteiger partial charge is 0.240 e. The molecular weight excluding hydrogens is 318 g/mol. The summed E-state index contributed by atoms with van der Waals surface area (Å²) in [6.45, 7) is 3.01. The van der Waals surface area contributed by atoms with Gasteiger partial charge < -0.3 is 0 Å². The van der Waals surface area contributed by atoms with E-state index >= 15 is 0 Å². The Labute approximate surface area is 116 Å². The summed E-state index contributed by atoms with van der Waals surface area (Å²) in [7, 11) is -3.07. The van der Waals surface area contributed by atoms with Gasteiger partial charge in [0.1, 0.15) is 5.82 Å². The number of hydrogen-bond donors (Lipinski definition) is 0. The number of nitrogens with zero attached hydrogens (tertiary/aromatic N) is 3. The molecule has 0 aromatic carbocycles. The molecule has 2 heterocycles. The van der Waals surface area contributed by atoms with E-state index in [0.717, 1.165) is 23.1 Å². The minimum absolute atomic E-state index is 0.134. The van der Waals surface area contributed by atoms with Crippen molar-refractivity contribution in [3.63, 3.8) is 0 Å². The maximum atomic E-state index is 11.9. The van der Waals surface area contributed by atoms with E-state index in [1.165, 1.54) is 4.31 Å². The molecule has 0 unspecified atom stereocenters. The Hall–Kier alpha value is -0.530. The zero-order valence-electron chi connectivity index (χ0n) is 10.2. The SMILES string of the molecule is CCCCS(=O)(=O)N1CC(c2ncc(Br)cn2)C1. The standard InChI is InChI=1S/C11H16BrN3O2S/c1-2-3-4-18(16,17)15-7-9(8-15)11-13-5-10(12)6-14-11/h5-6,9H,2-4,7-8H2,1H3. The van der Waals surface area contributed by atoms with Crippen LogP contribution in [0.1, 0.15) is 31.5 Å². The van der Waals surface area contributed by atoms with Crippen LogP contribution in [0.2, 0.25) is 0 Å². The molecule has 0 amide bonds. The van der Waals surface area contributed by atoms with Crippen LogP contribution in [0.5, 0.6) is 0 Å². The van der Waals surface area contributed by atoms with Crippen LogP contribution >= 0.6 is 15.9 Å². The van der Waals surface area contributed by atoms with Crippen LogP contribution in [0.25, 0.3) is 0 Å². The van der Waals surface area contributed by atoms with E-state index in [1.807, 2.05) is 6.92 Å². The molecule has 0 saturated carbocycles. The summed E-state index contributed by atoms with van der Waals surface area (Å²) in [5, 5.41) is 0. The molecule has 0 atom stereocenters. The van der Waals surface area contributed by atoms with Gasteiger partial charge in [-0.25, -0.2) is 22.7 Å². The normalized spacial score (nSPS) is 17.7. The van der Waals surface area contributed by atoms with Gasteiger partial charge in [-0.15, -0.1) is 0 Å². The van der Waals surface area contributed by atoms with Crippen LogP contribution in [0.4, 0.5) is 0 Å². The lowest BCUT2D eigenvalue weighted by molar-refractivity contribution is 0.255. The monoisotopic (exact) mass is 333 g/mol. The Morgan fingerprint density at radius 2 is 2.00 bits per heavy atom. The average molecular weight is 334 g/mol. The van der Waals surface area contributed by atoms with E-state index in [0.29, 0.717) is 13.1 Å². The average Bonchev–Trinajstić information content (AvgIpc) is 2.27. The van der Waals surface area contributed by atoms with Crippen molar-refractivity contribution in [1.82, 2.24) is 14.3 Å². The Kier molecular flexibility index (Phi) is 4.34. The highest BCUT2D eigenvalue weighted by atomic mass is 79.9. The predicted octanol–water partition coefficient (Wildman–Crippen LogP) is 1.77. The minimum atomic E-state index is -3.07. The van der Waals surface area contributed by atoms with Gasteiger partial charge in [0.05, 0.1) is 10.2 Å². The second-order valence-corrected chi connectivity index (χ2v) is 7.45. The van der Waals surface area contributed by atoms with Gasteiger partial charge in [-0.2, -0.15) is 0 Å². The maximum absolute atomic E-state index is 11.9. The molecule has 1 aromatic heterocycles. The van der Waals surface area contributed by atoms with Crippen molar-refractivity contribution in [1.29, 1.82) is 0 Å². The summed E-state index contributed by atoms with van der Waals surface area (Å²) < 4.78 is 26.1. The molecule has 1 aromatic rings. The van der Waals surface area contributed by atoms with E-state index in [1.54, 1.807) is 12.4 Å². The minimum Gasteiger partial charge on any atom is -0.240 e. The third kappa shape index (κ3) is 3.07. The number of hydrogen-bond acceptors (Lipinski definition) is 4. The van der Waals surface area contributed by atoms with Crippen LogP contribution < -0.4 is 0 Å². The van der Waals surface area contributed by atoms with E-state index in [9.17, 15) is 8.42 Å². The molecular formula is C11H16BrN3O2S. The Morgan fingerprint density at radius 1 is 1.39 bits per heavy atom. The van der Waals surface area contributed by atoms with E-state index in [4.69, 9.17) is 0 Å². The molecule has 0 aliphatic carbocycles. The number of rotatable bonds is 5. The summed E-state index contributed by atoms with van der Waals surface area (Å²) in [5.41, 5.74) is 0. The van der Waals surface area contributed by atoms with Gasteiger partial charge in [0.15, 0.2) is 0 Å². The van der Waals surface area contributed by atoms with Crippen LogP contribution in [0, 0.1) is 0 Å². The first-order valence-corrected chi connectivity index (χ1v) is 8.38. The highest BCUT2D eigenvalue weighted by Gasteiger charge is 2.37. The molecule has 5 nitrogen and oxygen atoms in total. The van der Waals surface area contributed by atoms with Crippen molar-refractivity contribution >= 4 is 26.0 Å². The molecule has 0 bridgehead atoms. The van der Waals surface area contributed by atoms with E-state index in [-0.39, 0.29) is 11.7 Å². The summed E-state index contributed by atoms with van der Waals surface area (Å²) in [5.74, 6) is 1.10. The highest BCUT2D eigenvalue weighted by molar-refractivity contribution is 9.10. The van der Waals surface area contributed by atoms with Crippen molar-refractivity contribution in [2.75, 3.05) is 18.8 Å². The first-order chi connectivity index (χ1) is 8.53. The van der Waals surface area contributed by atoms with Crippen molar-refractivity contribution in [2.45, 2.75) is 25.7 Å². The Morgan fingerprint density at radius 3 is 2.56 bits per heavy atom. The second kappa shape index (κ2) is 5.63. The summed E-state index contributed by atoms with van der Waals surface area (Å²) in [6, 6.07) is 0. The molecule has 0 radical (unpaired) electrons. The second-order valence-electron chi connectivity index (χ2n) is 4.44. The quantitative estimate of drug-likeness (QED) is 0.823. The molecule has 100 valence electrons. The summed E-state index contributed by atoms with van der Waals surface area (Å²) in [6.07, 6.45) is 5.00. The molecule has 2 rings (SSSR count). The topological polar surface area (TPSA) is 63.2 Å². The zero-order valence-corrected chi connectivity index (χ0v) is 12.6. The van der Waals surface area contributed by atoms with Gasteiger partial charge in [-0.05, 0) is 22.4 Å². The van der Waals surface area contributed by atoms with Gasteiger partial charge in [-0.3, -0.25) is 0 Å². The first kappa shape index (κ1) is 13.9. The number of halogens is 1. The lowest BCUT2D eigenvalue weighted by Crippen LogP contribution is -2.49. The van der Waals surface area contributed by atoms with E-state index in [2.05, 4.69) is 25.9 Å². The van der Waals surface area contributed by atoms with Crippen LogP contribution in [-0.2, 0) is 10.0 Å². The van der Waals surface area contributed by atoms with Gasteiger partial charge in [0, 0.05) is 31.4 Å². The predicted molar refractivity (Wildman–Crippen MR) is 72.7 cm³/mol. The van der Waals surface area contributed by atoms with Gasteiger partial charge >= 0.3 is 0 Å². The third-order valence-corrected chi connectivity index (χ3v) is 5.30. The molecule has 18 heavy (non-hydrogen) atoms. The summed E-state index contributed by atoms with van der Waals surface area (Å²) >= 11 is 3.28. The van der Waals surface area contributed by atoms with Gasteiger partial charge in [0.25, 0.3) is 0 Å². The zero-order chi connectivity index (χ0) is 13.2. The highest BCUT2D eigenvalue weighted by Crippen LogP contribution is 2.27. The number of unbranched alkanes of at least 4 members (excludes halogenated alkanes) is 1. The molecule has 7 heteroatoms. The fraction of sp³-hybridized carbons (Fsp3) is 0.636. The van der Waals surface area contributed by atoms with Gasteiger partial charge in [-0.1, -0.05) is 13.3 Å². The lowest BCUT2D eigenvalue weighted by atomic mass is 10.0. The van der Waals surface area contributed by atoms with Crippen LogP contribution in [0.3, 0.4) is 0 Å². The van der Waals surface area contributed by atoms with Crippen molar-refractivity contribution in [2.24, 2.45) is 0 Å².